The lowest BCUT2D eigenvalue weighted by Gasteiger charge is -1.81. The Morgan fingerprint density at radius 3 is 2.36 bits per heavy atom. The molecule has 0 rings (SSSR count). The Morgan fingerprint density at radius 1 is 1.45 bits per heavy atom. The summed E-state index contributed by atoms with van der Waals surface area (Å²) in [5.74, 6) is -0.197. The minimum Gasteiger partial charge on any atom is -0.207 e. The lowest BCUT2D eigenvalue weighted by molar-refractivity contribution is 0.661. The van der Waals surface area contributed by atoms with E-state index in [-0.39, 0.29) is 5.83 Å². The van der Waals surface area contributed by atoms with Crippen LogP contribution in [0.25, 0.3) is 0 Å². The van der Waals surface area contributed by atoms with E-state index < -0.39 is 0 Å². The molecular weight excluding hydrogens is 139 g/mol. The van der Waals surface area contributed by atoms with Gasteiger partial charge in [-0.15, -0.1) is 0 Å². The van der Waals surface area contributed by atoms with Gasteiger partial charge in [0.25, 0.3) is 0 Å². The van der Waals surface area contributed by atoms with Gasteiger partial charge >= 0.3 is 0 Å². The third-order valence-corrected chi connectivity index (χ3v) is 0.791. The van der Waals surface area contributed by atoms with Gasteiger partial charge in [-0.2, -0.15) is 0 Å². The lowest BCUT2D eigenvalue weighted by Crippen LogP contribution is -1.62. The summed E-state index contributed by atoms with van der Waals surface area (Å²) in [4.78, 5) is 0. The number of hydrogen-bond acceptors (Lipinski definition) is 0. The SMILES string of the molecule is C=C/C=C\C(F)=C/CC.CC. The Balaban J connectivity index is 0. The van der Waals surface area contributed by atoms with Crippen molar-refractivity contribution in [2.45, 2.75) is 27.2 Å². The van der Waals surface area contributed by atoms with E-state index in [9.17, 15) is 4.39 Å². The molecular formula is C10H17F. The van der Waals surface area contributed by atoms with Gasteiger partial charge in [0.1, 0.15) is 5.83 Å². The van der Waals surface area contributed by atoms with Gasteiger partial charge in [0.15, 0.2) is 0 Å². The molecule has 0 aromatic rings. The van der Waals surface area contributed by atoms with Gasteiger partial charge in [0.2, 0.25) is 0 Å². The summed E-state index contributed by atoms with van der Waals surface area (Å²) in [7, 11) is 0. The lowest BCUT2D eigenvalue weighted by atomic mass is 10.3. The first-order valence-electron chi connectivity index (χ1n) is 3.96. The van der Waals surface area contributed by atoms with Crippen molar-refractivity contribution in [3.05, 3.63) is 36.7 Å². The Labute approximate surface area is 69.1 Å². The molecule has 0 saturated carbocycles. The van der Waals surface area contributed by atoms with Crippen molar-refractivity contribution in [1.82, 2.24) is 0 Å². The van der Waals surface area contributed by atoms with Crippen molar-refractivity contribution in [2.24, 2.45) is 0 Å². The molecule has 0 N–H and O–H groups in total. The average Bonchev–Trinajstić information content (AvgIpc) is 2.05. The molecule has 0 saturated heterocycles. The zero-order chi connectivity index (χ0) is 9.11. The molecule has 0 aliphatic heterocycles. The fourth-order valence-corrected chi connectivity index (χ4v) is 0.423. The predicted molar refractivity (Wildman–Crippen MR) is 50.2 cm³/mol. The molecule has 64 valence electrons. The highest BCUT2D eigenvalue weighted by Crippen LogP contribution is 1.99. The smallest absolute Gasteiger partial charge is 0.119 e. The third-order valence-electron chi connectivity index (χ3n) is 0.791. The van der Waals surface area contributed by atoms with E-state index in [4.69, 9.17) is 0 Å². The van der Waals surface area contributed by atoms with Crippen LogP contribution in [0, 0.1) is 0 Å². The summed E-state index contributed by atoms with van der Waals surface area (Å²) in [5, 5.41) is 0. The number of hydrogen-bond donors (Lipinski definition) is 0. The molecule has 0 radical (unpaired) electrons. The molecule has 0 aromatic carbocycles. The van der Waals surface area contributed by atoms with E-state index in [2.05, 4.69) is 6.58 Å². The summed E-state index contributed by atoms with van der Waals surface area (Å²) in [6.45, 7) is 9.30. The highest BCUT2D eigenvalue weighted by atomic mass is 19.1. The maximum atomic E-state index is 12.3. The number of halogens is 1. The van der Waals surface area contributed by atoms with Gasteiger partial charge < -0.3 is 0 Å². The molecule has 0 unspecified atom stereocenters. The zero-order valence-corrected chi connectivity index (χ0v) is 7.60. The summed E-state index contributed by atoms with van der Waals surface area (Å²) >= 11 is 0. The molecule has 0 aliphatic rings. The van der Waals surface area contributed by atoms with Crippen LogP contribution in [0.3, 0.4) is 0 Å². The van der Waals surface area contributed by atoms with Crippen molar-refractivity contribution in [1.29, 1.82) is 0 Å². The van der Waals surface area contributed by atoms with E-state index in [1.165, 1.54) is 12.2 Å². The molecule has 0 spiro atoms. The molecule has 0 amide bonds. The fourth-order valence-electron chi connectivity index (χ4n) is 0.423. The maximum absolute atomic E-state index is 12.3. The normalized spacial score (nSPS) is 10.7. The van der Waals surface area contributed by atoms with Crippen LogP contribution in [0.2, 0.25) is 0 Å². The molecule has 1 heteroatoms. The number of allylic oxidation sites excluding steroid dienone is 5. The van der Waals surface area contributed by atoms with Crippen LogP contribution in [0.15, 0.2) is 36.7 Å². The first-order valence-corrected chi connectivity index (χ1v) is 3.96. The van der Waals surface area contributed by atoms with Crippen molar-refractivity contribution in [3.8, 4) is 0 Å². The first kappa shape index (κ1) is 12.8. The zero-order valence-electron chi connectivity index (χ0n) is 7.60. The van der Waals surface area contributed by atoms with Gasteiger partial charge in [-0.05, 0) is 18.6 Å². The summed E-state index contributed by atoms with van der Waals surface area (Å²) in [6.07, 6.45) is 6.74. The highest BCUT2D eigenvalue weighted by Gasteiger charge is 1.80. The fraction of sp³-hybridized carbons (Fsp3) is 0.400. The van der Waals surface area contributed by atoms with Crippen molar-refractivity contribution in [2.75, 3.05) is 0 Å². The first-order chi connectivity index (χ1) is 5.31. The molecule has 11 heavy (non-hydrogen) atoms. The molecule has 0 heterocycles. The standard InChI is InChI=1S/C8H11F.C2H6/c1-3-5-7-8(9)6-4-2;1-2/h3,5-7H,1,4H2,2H3;1-2H3/b7-5-,8-6+;. The van der Waals surface area contributed by atoms with Crippen molar-refractivity contribution >= 4 is 0 Å². The topological polar surface area (TPSA) is 0 Å². The van der Waals surface area contributed by atoms with Gasteiger partial charge in [-0.25, -0.2) is 4.39 Å². The molecule has 0 fully saturated rings. The Kier molecular flexibility index (Phi) is 13.8. The van der Waals surface area contributed by atoms with E-state index in [1.807, 2.05) is 20.8 Å². The monoisotopic (exact) mass is 156 g/mol. The van der Waals surface area contributed by atoms with E-state index in [0.29, 0.717) is 0 Å². The second-order valence-corrected chi connectivity index (χ2v) is 1.59. The largest absolute Gasteiger partial charge is 0.207 e. The molecule has 0 atom stereocenters. The Hall–Kier alpha value is -0.850. The Bertz CT molecular complexity index is 132. The molecule has 0 bridgehead atoms. The van der Waals surface area contributed by atoms with Crippen molar-refractivity contribution in [3.63, 3.8) is 0 Å². The minimum atomic E-state index is -0.197. The van der Waals surface area contributed by atoms with Gasteiger partial charge in [0.05, 0.1) is 0 Å². The predicted octanol–water partition coefficient (Wildman–Crippen LogP) is 4.02. The van der Waals surface area contributed by atoms with E-state index in [0.717, 1.165) is 6.42 Å². The molecule has 0 nitrogen and oxygen atoms in total. The highest BCUT2D eigenvalue weighted by molar-refractivity contribution is 5.14. The van der Waals surface area contributed by atoms with Crippen LogP contribution in [-0.4, -0.2) is 0 Å². The van der Waals surface area contributed by atoms with Crippen LogP contribution in [0.4, 0.5) is 4.39 Å². The summed E-state index contributed by atoms with van der Waals surface area (Å²) in [6, 6.07) is 0. The maximum Gasteiger partial charge on any atom is 0.119 e. The number of rotatable bonds is 3. The van der Waals surface area contributed by atoms with Crippen molar-refractivity contribution < 1.29 is 4.39 Å². The van der Waals surface area contributed by atoms with E-state index >= 15 is 0 Å². The van der Waals surface area contributed by atoms with Crippen LogP contribution in [0.5, 0.6) is 0 Å². The summed E-state index contributed by atoms with van der Waals surface area (Å²) in [5.41, 5.74) is 0. The van der Waals surface area contributed by atoms with Crippen LogP contribution in [0.1, 0.15) is 27.2 Å². The summed E-state index contributed by atoms with van der Waals surface area (Å²) < 4.78 is 12.3. The minimum absolute atomic E-state index is 0.197. The molecule has 0 aliphatic carbocycles. The van der Waals surface area contributed by atoms with Gasteiger partial charge in [-0.1, -0.05) is 39.5 Å². The molecule has 0 aromatic heterocycles. The van der Waals surface area contributed by atoms with Crippen LogP contribution in [-0.2, 0) is 0 Å². The van der Waals surface area contributed by atoms with Gasteiger partial charge in [0, 0.05) is 0 Å². The average molecular weight is 156 g/mol. The van der Waals surface area contributed by atoms with Gasteiger partial charge in [-0.3, -0.25) is 0 Å². The quantitative estimate of drug-likeness (QED) is 0.541. The van der Waals surface area contributed by atoms with Crippen LogP contribution < -0.4 is 0 Å². The second kappa shape index (κ2) is 11.9. The second-order valence-electron chi connectivity index (χ2n) is 1.59. The van der Waals surface area contributed by atoms with Crippen LogP contribution >= 0.6 is 0 Å². The van der Waals surface area contributed by atoms with E-state index in [1.54, 1.807) is 12.2 Å². The Morgan fingerprint density at radius 2 is 2.00 bits per heavy atom. The third kappa shape index (κ3) is 12.4.